The summed E-state index contributed by atoms with van der Waals surface area (Å²) in [7, 11) is 1.65. The Morgan fingerprint density at radius 1 is 1.00 bits per heavy atom. The van der Waals surface area contributed by atoms with E-state index in [1.165, 1.54) is 5.69 Å². The van der Waals surface area contributed by atoms with Crippen molar-refractivity contribution in [1.82, 2.24) is 4.90 Å². The van der Waals surface area contributed by atoms with Crippen LogP contribution < -0.4 is 9.64 Å². The monoisotopic (exact) mass is 326 g/mol. The molecule has 24 heavy (non-hydrogen) atoms. The van der Waals surface area contributed by atoms with Crippen molar-refractivity contribution in [3.8, 4) is 5.75 Å². The molecule has 0 aliphatic carbocycles. The molecule has 0 radical (unpaired) electrons. The van der Waals surface area contributed by atoms with Crippen LogP contribution in [0.1, 0.15) is 18.1 Å². The average Bonchev–Trinajstić information content (AvgIpc) is 2.67. The van der Waals surface area contributed by atoms with Crippen molar-refractivity contribution in [2.75, 3.05) is 44.7 Å². The van der Waals surface area contributed by atoms with Gasteiger partial charge in [0.05, 0.1) is 13.2 Å². The molecule has 128 valence electrons. The zero-order valence-electron chi connectivity index (χ0n) is 14.3. The Hall–Kier alpha value is -2.04. The summed E-state index contributed by atoms with van der Waals surface area (Å²) in [5.41, 5.74) is 2.23. The zero-order chi connectivity index (χ0) is 16.8. The Morgan fingerprint density at radius 2 is 1.75 bits per heavy atom. The van der Waals surface area contributed by atoms with Gasteiger partial charge in [0.2, 0.25) is 0 Å². The van der Waals surface area contributed by atoms with Gasteiger partial charge in [0.25, 0.3) is 0 Å². The van der Waals surface area contributed by atoms with Crippen molar-refractivity contribution in [3.63, 3.8) is 0 Å². The third-order valence-corrected chi connectivity index (χ3v) is 4.69. The first-order valence-electron chi connectivity index (χ1n) is 8.60. The van der Waals surface area contributed by atoms with Crippen LogP contribution >= 0.6 is 0 Å². The van der Waals surface area contributed by atoms with E-state index in [0.29, 0.717) is 0 Å². The molecule has 1 fully saturated rings. The minimum absolute atomic E-state index is 0.438. The van der Waals surface area contributed by atoms with E-state index in [1.807, 2.05) is 24.3 Å². The molecule has 0 spiro atoms. The van der Waals surface area contributed by atoms with E-state index in [2.05, 4.69) is 40.1 Å². The van der Waals surface area contributed by atoms with Crippen molar-refractivity contribution in [2.24, 2.45) is 0 Å². The van der Waals surface area contributed by atoms with Gasteiger partial charge in [-0.2, -0.15) is 0 Å². The van der Waals surface area contributed by atoms with E-state index in [0.717, 1.165) is 50.5 Å². The molecule has 1 unspecified atom stereocenters. The first kappa shape index (κ1) is 16.8. The third kappa shape index (κ3) is 4.28. The van der Waals surface area contributed by atoms with Gasteiger partial charge < -0.3 is 14.7 Å². The number of nitrogens with zero attached hydrogens (tertiary/aromatic N) is 2. The van der Waals surface area contributed by atoms with Crippen LogP contribution in [0.3, 0.4) is 0 Å². The van der Waals surface area contributed by atoms with Crippen LogP contribution in [-0.2, 0) is 0 Å². The minimum atomic E-state index is -0.438. The van der Waals surface area contributed by atoms with E-state index >= 15 is 0 Å². The Labute approximate surface area is 144 Å². The lowest BCUT2D eigenvalue weighted by Gasteiger charge is -2.36. The molecule has 1 aliphatic heterocycles. The smallest absolute Gasteiger partial charge is 0.119 e. The van der Waals surface area contributed by atoms with Gasteiger partial charge >= 0.3 is 0 Å². The van der Waals surface area contributed by atoms with Crippen LogP contribution in [0.5, 0.6) is 5.75 Å². The molecule has 0 aromatic heterocycles. The van der Waals surface area contributed by atoms with E-state index in [9.17, 15) is 5.11 Å². The van der Waals surface area contributed by atoms with Gasteiger partial charge in [-0.05, 0) is 36.2 Å². The predicted octanol–water partition coefficient (Wildman–Crippen LogP) is 2.94. The molecule has 0 saturated carbocycles. The first-order valence-corrected chi connectivity index (χ1v) is 8.60. The molecule has 4 heteroatoms. The zero-order valence-corrected chi connectivity index (χ0v) is 14.3. The standard InChI is InChI=1S/C20H26N2O2/c1-24-19-9-5-6-17(16-19)20(23)10-11-21-12-14-22(15-13-21)18-7-3-2-4-8-18/h2-9,16,20,23H,10-15H2,1H3. The summed E-state index contributed by atoms with van der Waals surface area (Å²) in [6.45, 7) is 5.08. The highest BCUT2D eigenvalue weighted by Gasteiger charge is 2.18. The quantitative estimate of drug-likeness (QED) is 0.885. The normalized spacial score (nSPS) is 16.8. The maximum atomic E-state index is 10.4. The van der Waals surface area contributed by atoms with Gasteiger partial charge in [0, 0.05) is 38.4 Å². The first-order chi connectivity index (χ1) is 11.8. The summed E-state index contributed by atoms with van der Waals surface area (Å²) in [4.78, 5) is 4.86. The number of hydrogen-bond acceptors (Lipinski definition) is 4. The molecular weight excluding hydrogens is 300 g/mol. The highest BCUT2D eigenvalue weighted by atomic mass is 16.5. The maximum Gasteiger partial charge on any atom is 0.119 e. The predicted molar refractivity (Wildman–Crippen MR) is 97.7 cm³/mol. The molecule has 4 nitrogen and oxygen atoms in total. The van der Waals surface area contributed by atoms with Crippen LogP contribution in [0.2, 0.25) is 0 Å². The van der Waals surface area contributed by atoms with E-state index in [-0.39, 0.29) is 0 Å². The van der Waals surface area contributed by atoms with Crippen LogP contribution in [0.4, 0.5) is 5.69 Å². The number of aliphatic hydroxyl groups excluding tert-OH is 1. The highest BCUT2D eigenvalue weighted by Crippen LogP contribution is 2.22. The summed E-state index contributed by atoms with van der Waals surface area (Å²) in [5, 5.41) is 10.4. The largest absolute Gasteiger partial charge is 0.497 e. The Bertz CT molecular complexity index is 625. The van der Waals surface area contributed by atoms with Gasteiger partial charge in [-0.3, -0.25) is 4.90 Å². The Balaban J connectivity index is 1.46. The van der Waals surface area contributed by atoms with Crippen molar-refractivity contribution >= 4 is 5.69 Å². The molecule has 0 bridgehead atoms. The lowest BCUT2D eigenvalue weighted by Crippen LogP contribution is -2.46. The number of hydrogen-bond donors (Lipinski definition) is 1. The number of methoxy groups -OCH3 is 1. The summed E-state index contributed by atoms with van der Waals surface area (Å²) >= 11 is 0. The van der Waals surface area contributed by atoms with Crippen LogP contribution in [0.15, 0.2) is 54.6 Å². The van der Waals surface area contributed by atoms with Crippen LogP contribution in [-0.4, -0.2) is 49.8 Å². The molecule has 1 atom stereocenters. The van der Waals surface area contributed by atoms with E-state index in [1.54, 1.807) is 7.11 Å². The van der Waals surface area contributed by atoms with Crippen molar-refractivity contribution < 1.29 is 9.84 Å². The number of rotatable bonds is 6. The second kappa shape index (κ2) is 8.18. The summed E-state index contributed by atoms with van der Waals surface area (Å²) < 4.78 is 5.23. The van der Waals surface area contributed by atoms with Gasteiger partial charge in [-0.15, -0.1) is 0 Å². The molecule has 1 N–H and O–H groups in total. The van der Waals surface area contributed by atoms with Gasteiger partial charge in [-0.1, -0.05) is 30.3 Å². The molecule has 0 amide bonds. The van der Waals surface area contributed by atoms with E-state index in [4.69, 9.17) is 4.74 Å². The van der Waals surface area contributed by atoms with Crippen molar-refractivity contribution in [1.29, 1.82) is 0 Å². The highest BCUT2D eigenvalue weighted by molar-refractivity contribution is 5.46. The van der Waals surface area contributed by atoms with Crippen LogP contribution in [0, 0.1) is 0 Å². The molecule has 1 saturated heterocycles. The lowest BCUT2D eigenvalue weighted by molar-refractivity contribution is 0.139. The molecule has 3 rings (SSSR count). The molecule has 2 aromatic carbocycles. The van der Waals surface area contributed by atoms with Gasteiger partial charge in [-0.25, -0.2) is 0 Å². The molecular formula is C20H26N2O2. The third-order valence-electron chi connectivity index (χ3n) is 4.69. The topological polar surface area (TPSA) is 35.9 Å². The van der Waals surface area contributed by atoms with Crippen molar-refractivity contribution in [3.05, 3.63) is 60.2 Å². The number of benzene rings is 2. The summed E-state index contributed by atoms with van der Waals surface area (Å²) in [5.74, 6) is 0.794. The molecule has 1 heterocycles. The summed E-state index contributed by atoms with van der Waals surface area (Å²) in [6, 6.07) is 18.3. The molecule has 2 aromatic rings. The number of aliphatic hydroxyl groups is 1. The fourth-order valence-electron chi connectivity index (χ4n) is 3.19. The lowest BCUT2D eigenvalue weighted by atomic mass is 10.1. The van der Waals surface area contributed by atoms with Gasteiger partial charge in [0.1, 0.15) is 5.75 Å². The number of para-hydroxylation sites is 1. The van der Waals surface area contributed by atoms with Crippen molar-refractivity contribution in [2.45, 2.75) is 12.5 Å². The molecule has 1 aliphatic rings. The van der Waals surface area contributed by atoms with Crippen LogP contribution in [0.25, 0.3) is 0 Å². The fourth-order valence-corrected chi connectivity index (χ4v) is 3.19. The number of anilines is 1. The second-order valence-corrected chi connectivity index (χ2v) is 6.25. The summed E-state index contributed by atoms with van der Waals surface area (Å²) in [6.07, 6.45) is 0.311. The second-order valence-electron chi connectivity index (χ2n) is 6.25. The number of ether oxygens (including phenoxy) is 1. The maximum absolute atomic E-state index is 10.4. The minimum Gasteiger partial charge on any atom is -0.497 e. The Kier molecular flexibility index (Phi) is 5.72. The average molecular weight is 326 g/mol. The van der Waals surface area contributed by atoms with E-state index < -0.39 is 6.10 Å². The number of piperazine rings is 1. The SMILES string of the molecule is COc1cccc(C(O)CCN2CCN(c3ccccc3)CC2)c1. The van der Waals surface area contributed by atoms with Gasteiger partial charge in [0.15, 0.2) is 0 Å². The fraction of sp³-hybridized carbons (Fsp3) is 0.400. The Morgan fingerprint density at radius 3 is 2.46 bits per heavy atom.